The first-order valence-electron chi connectivity index (χ1n) is 11.4. The van der Waals surface area contributed by atoms with Crippen molar-refractivity contribution in [2.75, 3.05) is 20.6 Å². The molecule has 210 valence electrons. The lowest BCUT2D eigenvalue weighted by Crippen LogP contribution is -2.31. The number of halogens is 1. The Balaban J connectivity index is 0.000000530. The van der Waals surface area contributed by atoms with Gasteiger partial charge >= 0.3 is 23.9 Å². The predicted octanol–water partition coefficient (Wildman–Crippen LogP) is 2.33. The number of nitrogens with one attached hydrogen (secondary N) is 1. The molecule has 3 aromatic rings. The first kappa shape index (κ1) is 32.4. The molecule has 0 bridgehead atoms. The molecule has 0 aliphatic carbocycles. The Bertz CT molecular complexity index is 1210. The zero-order valence-electron chi connectivity index (χ0n) is 21.8. The van der Waals surface area contributed by atoms with Crippen LogP contribution < -0.4 is 5.32 Å². The Labute approximate surface area is 223 Å². The minimum atomic E-state index is -1.82. The van der Waals surface area contributed by atoms with Gasteiger partial charge in [-0.15, -0.1) is 0 Å². The molecule has 5 N–H and O–H groups in total. The maximum atomic E-state index is 13.2. The smallest absolute Gasteiger partial charge is 0.414 e. The quantitative estimate of drug-likeness (QED) is 0.274. The van der Waals surface area contributed by atoms with Gasteiger partial charge in [0.25, 0.3) is 0 Å². The molecule has 3 rings (SSSR count). The highest BCUT2D eigenvalue weighted by Crippen LogP contribution is 2.20. The molecule has 12 nitrogen and oxygen atoms in total. The summed E-state index contributed by atoms with van der Waals surface area (Å²) in [7, 11) is 4.20. The van der Waals surface area contributed by atoms with Gasteiger partial charge in [0, 0.05) is 30.4 Å². The Hall–Kier alpha value is -4.62. The van der Waals surface area contributed by atoms with Gasteiger partial charge in [0.2, 0.25) is 0 Å². The largest absolute Gasteiger partial charge is 0.473 e. The molecule has 0 saturated heterocycles. The lowest BCUT2D eigenvalue weighted by atomic mass is 10.1. The minimum absolute atomic E-state index is 0.238. The molecule has 1 atom stereocenters. The molecule has 0 fully saturated rings. The highest BCUT2D eigenvalue weighted by atomic mass is 19.1. The van der Waals surface area contributed by atoms with Gasteiger partial charge in [-0.2, -0.15) is 5.10 Å². The number of likely N-dealkylation sites (N-methyl/N-ethyl adjacent to an activating group) is 1. The fourth-order valence-corrected chi connectivity index (χ4v) is 3.37. The molecule has 0 aliphatic rings. The molecular formula is C26H31FN4O8. The molecule has 1 unspecified atom stereocenters. The number of aromatic nitrogens is 2. The predicted molar refractivity (Wildman–Crippen MR) is 138 cm³/mol. The summed E-state index contributed by atoms with van der Waals surface area (Å²) in [6.45, 7) is 5.67. The van der Waals surface area contributed by atoms with Crippen LogP contribution in [0.2, 0.25) is 0 Å². The number of carboxylic acids is 4. The summed E-state index contributed by atoms with van der Waals surface area (Å²) in [6, 6.07) is 17.3. The van der Waals surface area contributed by atoms with Crippen molar-refractivity contribution in [3.8, 4) is 5.69 Å². The number of benzene rings is 2. The van der Waals surface area contributed by atoms with E-state index in [4.69, 9.17) is 39.6 Å². The van der Waals surface area contributed by atoms with E-state index in [1.165, 1.54) is 23.3 Å². The van der Waals surface area contributed by atoms with Crippen LogP contribution in [0.1, 0.15) is 28.6 Å². The number of hydrogen-bond acceptors (Lipinski definition) is 7. The maximum Gasteiger partial charge on any atom is 0.414 e. The standard InChI is InChI=1S/C22H27FN4.2C2H2O4/c1-16-21(17(2)27(25-16)20-12-10-19(23)11-13-20)14-24-15-22(26(3)4)18-8-6-5-7-9-18;2*3-1(4)2(5)6/h5-13,22,24H,14-15H2,1-4H3;2*(H,3,4)(H,5,6). The molecule has 39 heavy (non-hydrogen) atoms. The normalized spacial score (nSPS) is 10.9. The van der Waals surface area contributed by atoms with E-state index in [2.05, 4.69) is 60.6 Å². The van der Waals surface area contributed by atoms with E-state index in [9.17, 15) is 4.39 Å². The number of aryl methyl sites for hydroxylation is 1. The van der Waals surface area contributed by atoms with Crippen LogP contribution in [0.5, 0.6) is 0 Å². The molecule has 1 aromatic heterocycles. The van der Waals surface area contributed by atoms with Crippen LogP contribution in [0.15, 0.2) is 54.6 Å². The van der Waals surface area contributed by atoms with Crippen molar-refractivity contribution in [1.29, 1.82) is 0 Å². The van der Waals surface area contributed by atoms with Crippen LogP contribution in [0, 0.1) is 19.7 Å². The Morgan fingerprint density at radius 3 is 1.79 bits per heavy atom. The number of aliphatic carboxylic acids is 4. The zero-order chi connectivity index (χ0) is 29.7. The Kier molecular flexibility index (Phi) is 13.0. The molecule has 0 saturated carbocycles. The fourth-order valence-electron chi connectivity index (χ4n) is 3.37. The summed E-state index contributed by atoms with van der Waals surface area (Å²) in [5.74, 6) is -7.53. The summed E-state index contributed by atoms with van der Waals surface area (Å²) in [4.78, 5) is 38.6. The van der Waals surface area contributed by atoms with Crippen LogP contribution >= 0.6 is 0 Å². The second-order valence-electron chi connectivity index (χ2n) is 8.28. The highest BCUT2D eigenvalue weighted by molar-refractivity contribution is 6.27. The SMILES string of the molecule is Cc1nn(-c2ccc(F)cc2)c(C)c1CNCC(c1ccccc1)N(C)C.O=C(O)C(=O)O.O=C(O)C(=O)O. The average molecular weight is 547 g/mol. The molecule has 0 spiro atoms. The van der Waals surface area contributed by atoms with Crippen molar-refractivity contribution in [2.24, 2.45) is 0 Å². The Morgan fingerprint density at radius 2 is 1.36 bits per heavy atom. The number of carboxylic acid groups (broad SMARTS) is 4. The third-order valence-electron chi connectivity index (χ3n) is 5.33. The molecule has 0 radical (unpaired) electrons. The number of carbonyl (C=O) groups is 4. The van der Waals surface area contributed by atoms with Crippen molar-refractivity contribution in [3.63, 3.8) is 0 Å². The van der Waals surface area contributed by atoms with E-state index in [-0.39, 0.29) is 5.82 Å². The van der Waals surface area contributed by atoms with E-state index in [1.54, 1.807) is 12.1 Å². The fraction of sp³-hybridized carbons (Fsp3) is 0.269. The lowest BCUT2D eigenvalue weighted by molar-refractivity contribution is -0.159. The van der Waals surface area contributed by atoms with Crippen molar-refractivity contribution in [3.05, 3.63) is 82.9 Å². The first-order chi connectivity index (χ1) is 18.3. The van der Waals surface area contributed by atoms with E-state index in [0.717, 1.165) is 30.2 Å². The van der Waals surface area contributed by atoms with Gasteiger partial charge in [0.1, 0.15) is 5.82 Å². The van der Waals surface area contributed by atoms with Gasteiger partial charge in [-0.25, -0.2) is 28.3 Å². The van der Waals surface area contributed by atoms with Crippen LogP contribution in [0.3, 0.4) is 0 Å². The van der Waals surface area contributed by atoms with Gasteiger partial charge < -0.3 is 30.6 Å². The highest BCUT2D eigenvalue weighted by Gasteiger charge is 2.16. The summed E-state index contributed by atoms with van der Waals surface area (Å²) in [6.07, 6.45) is 0. The number of rotatable bonds is 7. The second-order valence-corrected chi connectivity index (χ2v) is 8.28. The van der Waals surface area contributed by atoms with Gasteiger partial charge in [-0.05, 0) is 57.8 Å². The van der Waals surface area contributed by atoms with Gasteiger partial charge in [0.15, 0.2) is 0 Å². The van der Waals surface area contributed by atoms with Crippen LogP contribution in [-0.4, -0.2) is 79.6 Å². The first-order valence-corrected chi connectivity index (χ1v) is 11.4. The van der Waals surface area contributed by atoms with E-state index >= 15 is 0 Å². The van der Waals surface area contributed by atoms with Crippen molar-refractivity contribution in [2.45, 2.75) is 26.4 Å². The Morgan fingerprint density at radius 1 is 0.872 bits per heavy atom. The molecule has 2 aromatic carbocycles. The van der Waals surface area contributed by atoms with E-state index in [1.807, 2.05) is 17.7 Å². The summed E-state index contributed by atoms with van der Waals surface area (Å²) in [5, 5.41) is 37.8. The summed E-state index contributed by atoms with van der Waals surface area (Å²) >= 11 is 0. The van der Waals surface area contributed by atoms with Crippen LogP contribution in [0.4, 0.5) is 4.39 Å². The van der Waals surface area contributed by atoms with E-state index < -0.39 is 23.9 Å². The van der Waals surface area contributed by atoms with Crippen LogP contribution in [-0.2, 0) is 25.7 Å². The molecule has 1 heterocycles. The molecule has 13 heteroatoms. The second kappa shape index (κ2) is 15.6. The van der Waals surface area contributed by atoms with Gasteiger partial charge in [0.05, 0.1) is 11.4 Å². The molecule has 0 amide bonds. The van der Waals surface area contributed by atoms with Crippen molar-refractivity contribution < 1.29 is 44.0 Å². The van der Waals surface area contributed by atoms with Gasteiger partial charge in [-0.1, -0.05) is 30.3 Å². The lowest BCUT2D eigenvalue weighted by Gasteiger charge is -2.25. The van der Waals surface area contributed by atoms with Crippen molar-refractivity contribution in [1.82, 2.24) is 20.0 Å². The third kappa shape index (κ3) is 10.7. The van der Waals surface area contributed by atoms with Crippen LogP contribution in [0.25, 0.3) is 5.69 Å². The third-order valence-corrected chi connectivity index (χ3v) is 5.33. The van der Waals surface area contributed by atoms with Crippen molar-refractivity contribution >= 4 is 23.9 Å². The summed E-state index contributed by atoms with van der Waals surface area (Å²) in [5.41, 5.74) is 5.42. The van der Waals surface area contributed by atoms with E-state index in [0.29, 0.717) is 6.04 Å². The summed E-state index contributed by atoms with van der Waals surface area (Å²) < 4.78 is 15.1. The average Bonchev–Trinajstić information content (AvgIpc) is 3.16. The number of nitrogens with zero attached hydrogens (tertiary/aromatic N) is 3. The maximum absolute atomic E-state index is 13.2. The zero-order valence-corrected chi connectivity index (χ0v) is 21.8. The molecule has 0 aliphatic heterocycles. The molecular weight excluding hydrogens is 515 g/mol. The topological polar surface area (TPSA) is 182 Å². The number of hydrogen-bond donors (Lipinski definition) is 5. The minimum Gasteiger partial charge on any atom is -0.473 e. The monoisotopic (exact) mass is 546 g/mol. The van der Waals surface area contributed by atoms with Gasteiger partial charge in [-0.3, -0.25) is 0 Å².